The number of thioether (sulfide) groups is 2. The molecule has 0 radical (unpaired) electrons. The first-order chi connectivity index (χ1) is 16.6. The van der Waals surface area contributed by atoms with Crippen molar-refractivity contribution < 1.29 is 9.15 Å². The molecule has 3 heterocycles. The van der Waals surface area contributed by atoms with Gasteiger partial charge in [0.1, 0.15) is 22.8 Å². The summed E-state index contributed by atoms with van der Waals surface area (Å²) >= 11 is 3.98. The van der Waals surface area contributed by atoms with Crippen LogP contribution in [0.5, 0.6) is 5.75 Å². The maximum atomic E-state index is 6.45. The van der Waals surface area contributed by atoms with Crippen LogP contribution in [0.4, 0.5) is 5.69 Å². The van der Waals surface area contributed by atoms with E-state index in [2.05, 4.69) is 64.3 Å². The number of aromatic nitrogens is 1. The van der Waals surface area contributed by atoms with Crippen molar-refractivity contribution in [2.75, 3.05) is 50.7 Å². The van der Waals surface area contributed by atoms with E-state index < -0.39 is 0 Å². The average molecular weight is 492 g/mol. The predicted octanol–water partition coefficient (Wildman–Crippen LogP) is 6.30. The van der Waals surface area contributed by atoms with Gasteiger partial charge in [-0.2, -0.15) is 0 Å². The van der Waals surface area contributed by atoms with E-state index in [9.17, 15) is 0 Å². The number of fused-ring (bicyclic) bond motifs is 1. The number of rotatable bonds is 8. The van der Waals surface area contributed by atoms with Gasteiger partial charge in [-0.25, -0.2) is 4.98 Å². The zero-order chi connectivity index (χ0) is 23.5. The Morgan fingerprint density at radius 3 is 2.38 bits per heavy atom. The van der Waals surface area contributed by atoms with Crippen LogP contribution in [-0.2, 0) is 0 Å². The molecule has 34 heavy (non-hydrogen) atoms. The van der Waals surface area contributed by atoms with Crippen LogP contribution < -0.4 is 9.64 Å². The first kappa shape index (κ1) is 23.1. The summed E-state index contributed by atoms with van der Waals surface area (Å²) in [6.45, 7) is 1.53. The molecule has 0 saturated carbocycles. The van der Waals surface area contributed by atoms with Crippen molar-refractivity contribution in [1.29, 1.82) is 0 Å². The maximum Gasteiger partial charge on any atom is 0.229 e. The Balaban J connectivity index is 1.59. The summed E-state index contributed by atoms with van der Waals surface area (Å²) in [5, 5.41) is 1.06. The van der Waals surface area contributed by atoms with Crippen molar-refractivity contribution in [3.05, 3.63) is 66.9 Å². The third-order valence-corrected chi connectivity index (χ3v) is 9.01. The molecule has 1 saturated heterocycles. The molecule has 5 nitrogen and oxygen atoms in total. The molecule has 176 valence electrons. The molecule has 1 fully saturated rings. The average Bonchev–Trinajstić information content (AvgIpc) is 3.53. The highest BCUT2D eigenvalue weighted by Crippen LogP contribution is 2.46. The number of anilines is 1. The number of nitrogens with zero attached hydrogens (tertiary/aromatic N) is 3. The lowest BCUT2D eigenvalue weighted by Gasteiger charge is -2.25. The van der Waals surface area contributed by atoms with Crippen molar-refractivity contribution in [3.63, 3.8) is 0 Å². The van der Waals surface area contributed by atoms with Crippen LogP contribution in [0.1, 0.15) is 0 Å². The van der Waals surface area contributed by atoms with Crippen molar-refractivity contribution in [2.45, 2.75) is 4.71 Å². The number of ether oxygens (including phenoxy) is 1. The fourth-order valence-electron chi connectivity index (χ4n) is 4.12. The molecule has 2 aromatic carbocycles. The summed E-state index contributed by atoms with van der Waals surface area (Å²) in [6, 6.07) is 20.7. The van der Waals surface area contributed by atoms with Crippen molar-refractivity contribution in [2.24, 2.45) is 0 Å². The van der Waals surface area contributed by atoms with Gasteiger partial charge in [0.25, 0.3) is 0 Å². The second kappa shape index (κ2) is 10.3. The van der Waals surface area contributed by atoms with E-state index in [1.54, 1.807) is 0 Å². The van der Waals surface area contributed by atoms with E-state index >= 15 is 0 Å². The molecule has 7 heteroatoms. The molecule has 0 atom stereocenters. The number of likely N-dealkylation sites (N-methyl/N-ethyl adjacent to an activating group) is 1. The standard InChI is InChI=1S/C27H29N3O2S2/c1-29(2)15-16-31-21-11-9-20(10-12-21)25-23(19-7-5-4-6-8-19)24-22(13-14-28-26(24)32-25)30(3)27-33-17-18-34-27/h4-14,27H,15-18H2,1-3H3. The Morgan fingerprint density at radius 2 is 1.68 bits per heavy atom. The molecule has 0 N–H and O–H groups in total. The van der Waals surface area contributed by atoms with Gasteiger partial charge in [0.05, 0.1) is 11.1 Å². The fraction of sp³-hybridized carbons (Fsp3) is 0.296. The van der Waals surface area contributed by atoms with Crippen molar-refractivity contribution >= 4 is 40.3 Å². The molecule has 0 unspecified atom stereocenters. The summed E-state index contributed by atoms with van der Waals surface area (Å²) in [5.74, 6) is 4.05. The molecule has 4 aromatic rings. The molecular formula is C27H29N3O2S2. The van der Waals surface area contributed by atoms with E-state index in [4.69, 9.17) is 9.15 Å². The molecule has 5 rings (SSSR count). The van der Waals surface area contributed by atoms with Gasteiger partial charge in [0.15, 0.2) is 0 Å². The van der Waals surface area contributed by atoms with Crippen molar-refractivity contribution in [1.82, 2.24) is 9.88 Å². The van der Waals surface area contributed by atoms with Gasteiger partial charge in [-0.15, -0.1) is 23.5 Å². The van der Waals surface area contributed by atoms with Gasteiger partial charge in [-0.3, -0.25) is 0 Å². The second-order valence-corrected chi connectivity index (χ2v) is 11.2. The molecule has 0 aliphatic carbocycles. The van der Waals surface area contributed by atoms with Gasteiger partial charge in [0.2, 0.25) is 5.71 Å². The first-order valence-electron chi connectivity index (χ1n) is 11.4. The first-order valence-corrected chi connectivity index (χ1v) is 13.5. The number of hydrogen-bond donors (Lipinski definition) is 0. The lowest BCUT2D eigenvalue weighted by Crippen LogP contribution is -2.24. The highest BCUT2D eigenvalue weighted by molar-refractivity contribution is 8.20. The van der Waals surface area contributed by atoms with E-state index in [-0.39, 0.29) is 0 Å². The Kier molecular flexibility index (Phi) is 7.04. The molecular weight excluding hydrogens is 462 g/mol. The monoisotopic (exact) mass is 491 g/mol. The summed E-state index contributed by atoms with van der Waals surface area (Å²) in [7, 11) is 6.26. The zero-order valence-corrected chi connectivity index (χ0v) is 21.4. The van der Waals surface area contributed by atoms with Crippen LogP contribution in [0, 0.1) is 0 Å². The number of furan rings is 1. The minimum absolute atomic E-state index is 0.395. The number of benzene rings is 2. The normalized spacial score (nSPS) is 14.2. The second-order valence-electron chi connectivity index (χ2n) is 8.52. The van der Waals surface area contributed by atoms with Crippen LogP contribution in [0.25, 0.3) is 33.6 Å². The molecule has 1 aliphatic rings. The largest absolute Gasteiger partial charge is 0.492 e. The van der Waals surface area contributed by atoms with E-state index in [0.29, 0.717) is 17.0 Å². The Labute approximate surface area is 209 Å². The number of hydrogen-bond acceptors (Lipinski definition) is 7. The topological polar surface area (TPSA) is 41.7 Å². The highest BCUT2D eigenvalue weighted by atomic mass is 32.2. The fourth-order valence-corrected chi connectivity index (χ4v) is 6.93. The molecule has 0 bridgehead atoms. The molecule has 0 amide bonds. The van der Waals surface area contributed by atoms with E-state index in [1.807, 2.05) is 62.0 Å². The lowest BCUT2D eigenvalue weighted by molar-refractivity contribution is 0.261. The van der Waals surface area contributed by atoms with E-state index in [0.717, 1.165) is 45.8 Å². The molecule has 0 spiro atoms. The maximum absolute atomic E-state index is 6.45. The van der Waals surface area contributed by atoms with Gasteiger partial charge in [-0.1, -0.05) is 30.3 Å². The Morgan fingerprint density at radius 1 is 0.941 bits per heavy atom. The van der Waals surface area contributed by atoms with Crippen LogP contribution in [0.2, 0.25) is 0 Å². The van der Waals surface area contributed by atoms with Gasteiger partial charge in [0, 0.05) is 42.4 Å². The minimum atomic E-state index is 0.395. The summed E-state index contributed by atoms with van der Waals surface area (Å²) in [4.78, 5) is 9.09. The Bertz CT molecular complexity index is 1240. The highest BCUT2D eigenvalue weighted by Gasteiger charge is 2.27. The Hall–Kier alpha value is -2.61. The summed E-state index contributed by atoms with van der Waals surface area (Å²) in [6.07, 6.45) is 1.85. The molecule has 2 aromatic heterocycles. The predicted molar refractivity (Wildman–Crippen MR) is 146 cm³/mol. The van der Waals surface area contributed by atoms with Crippen LogP contribution in [0.15, 0.2) is 71.3 Å². The van der Waals surface area contributed by atoms with Crippen LogP contribution in [-0.4, -0.2) is 60.4 Å². The minimum Gasteiger partial charge on any atom is -0.492 e. The lowest BCUT2D eigenvalue weighted by atomic mass is 9.98. The van der Waals surface area contributed by atoms with E-state index in [1.165, 1.54) is 11.5 Å². The van der Waals surface area contributed by atoms with Gasteiger partial charge >= 0.3 is 0 Å². The smallest absolute Gasteiger partial charge is 0.229 e. The number of pyridine rings is 1. The third-order valence-electron chi connectivity index (χ3n) is 5.86. The SMILES string of the molecule is CN(C)CCOc1ccc(-c2oc3nccc(N(C)C4SCCS4)c3c2-c2ccccc2)cc1. The quantitative estimate of drug-likeness (QED) is 0.286. The summed E-state index contributed by atoms with van der Waals surface area (Å²) in [5.41, 5.74) is 5.03. The van der Waals surface area contributed by atoms with Crippen molar-refractivity contribution in [3.8, 4) is 28.2 Å². The summed E-state index contributed by atoms with van der Waals surface area (Å²) < 4.78 is 12.7. The third kappa shape index (κ3) is 4.78. The van der Waals surface area contributed by atoms with Gasteiger partial charge in [-0.05, 0) is 50.0 Å². The van der Waals surface area contributed by atoms with Gasteiger partial charge < -0.3 is 19.0 Å². The molecule has 1 aliphatic heterocycles. The van der Waals surface area contributed by atoms with Crippen LogP contribution >= 0.6 is 23.5 Å². The van der Waals surface area contributed by atoms with Crippen LogP contribution in [0.3, 0.4) is 0 Å². The zero-order valence-electron chi connectivity index (χ0n) is 19.7.